The molecule has 0 fully saturated rings. The predicted molar refractivity (Wildman–Crippen MR) is 80.0 cm³/mol. The zero-order valence-corrected chi connectivity index (χ0v) is 12.2. The lowest BCUT2D eigenvalue weighted by atomic mass is 10.2. The van der Waals surface area contributed by atoms with Crippen molar-refractivity contribution >= 4 is 15.6 Å². The molecule has 0 aliphatic carbocycles. The minimum Gasteiger partial charge on any atom is -0.506 e. The molecule has 3 nitrogen and oxygen atoms in total. The summed E-state index contributed by atoms with van der Waals surface area (Å²) in [6, 6.07) is 15.2. The summed E-state index contributed by atoms with van der Waals surface area (Å²) in [5.74, 6) is -0.217. The number of allylic oxidation sites excluding steroid dienone is 1. The van der Waals surface area contributed by atoms with E-state index >= 15 is 0 Å². The molecule has 0 spiro atoms. The van der Waals surface area contributed by atoms with Crippen molar-refractivity contribution in [1.29, 1.82) is 0 Å². The Morgan fingerprint density at radius 1 is 0.950 bits per heavy atom. The lowest BCUT2D eigenvalue weighted by Gasteiger charge is -2.08. The van der Waals surface area contributed by atoms with Gasteiger partial charge < -0.3 is 5.11 Å². The highest BCUT2D eigenvalue weighted by Crippen LogP contribution is 2.25. The van der Waals surface area contributed by atoms with Crippen LogP contribution in [0.3, 0.4) is 0 Å². The maximum Gasteiger partial charge on any atom is 0.206 e. The van der Waals surface area contributed by atoms with E-state index in [-0.39, 0.29) is 15.6 Å². The average Bonchev–Trinajstić information content (AvgIpc) is 2.47. The van der Waals surface area contributed by atoms with Crippen molar-refractivity contribution in [2.75, 3.05) is 0 Å². The fourth-order valence-corrected chi connectivity index (χ4v) is 3.04. The molecule has 0 unspecified atom stereocenters. The number of sulfone groups is 1. The summed E-state index contributed by atoms with van der Waals surface area (Å²) in [6.45, 7) is 3.30. The molecule has 2 aromatic rings. The Kier molecular flexibility index (Phi) is 3.95. The third-order valence-electron chi connectivity index (χ3n) is 3.12. The minimum atomic E-state index is -3.67. The van der Waals surface area contributed by atoms with Crippen LogP contribution in [-0.2, 0) is 9.84 Å². The van der Waals surface area contributed by atoms with Crippen LogP contribution in [0.4, 0.5) is 0 Å². The molecular weight excluding hydrogens is 272 g/mol. The van der Waals surface area contributed by atoms with Crippen LogP contribution in [-0.4, -0.2) is 13.5 Å². The van der Waals surface area contributed by atoms with Gasteiger partial charge in [-0.05, 0) is 26.0 Å². The van der Waals surface area contributed by atoms with Gasteiger partial charge in [-0.25, -0.2) is 8.42 Å². The van der Waals surface area contributed by atoms with E-state index in [9.17, 15) is 13.5 Å². The first-order chi connectivity index (χ1) is 9.43. The molecule has 0 aromatic heterocycles. The van der Waals surface area contributed by atoms with Crippen molar-refractivity contribution in [3.8, 4) is 0 Å². The molecule has 0 heterocycles. The normalized spacial score (nSPS) is 12.9. The third kappa shape index (κ3) is 2.75. The van der Waals surface area contributed by atoms with E-state index in [4.69, 9.17) is 0 Å². The summed E-state index contributed by atoms with van der Waals surface area (Å²) in [4.78, 5) is 0.135. The number of hydrogen-bond acceptors (Lipinski definition) is 3. The van der Waals surface area contributed by atoms with E-state index in [1.807, 2.05) is 6.92 Å². The summed E-state index contributed by atoms with van der Waals surface area (Å²) in [6.07, 6.45) is 0. The lowest BCUT2D eigenvalue weighted by Crippen LogP contribution is -2.05. The van der Waals surface area contributed by atoms with Gasteiger partial charge in [0.05, 0.1) is 9.80 Å². The standard InChI is InChI=1S/C16H16O3S/c1-12-8-10-15(11-9-12)20(18,19)13(2)16(17)14-6-4-3-5-7-14/h3-11,17H,1-2H3. The molecule has 2 rings (SSSR count). The highest BCUT2D eigenvalue weighted by atomic mass is 32.2. The van der Waals surface area contributed by atoms with Gasteiger partial charge in [-0.2, -0.15) is 0 Å². The number of benzene rings is 2. The van der Waals surface area contributed by atoms with Crippen LogP contribution in [0.25, 0.3) is 5.76 Å². The number of hydrogen-bond donors (Lipinski definition) is 1. The van der Waals surface area contributed by atoms with Gasteiger partial charge in [0.1, 0.15) is 5.76 Å². The quantitative estimate of drug-likeness (QED) is 0.876. The van der Waals surface area contributed by atoms with Gasteiger partial charge in [-0.1, -0.05) is 48.0 Å². The van der Waals surface area contributed by atoms with Crippen LogP contribution in [0.5, 0.6) is 0 Å². The van der Waals surface area contributed by atoms with Crippen molar-refractivity contribution in [3.05, 3.63) is 70.6 Å². The Hall–Kier alpha value is -2.07. The number of aliphatic hydroxyl groups excluding tert-OH is 1. The van der Waals surface area contributed by atoms with Gasteiger partial charge in [0.25, 0.3) is 0 Å². The van der Waals surface area contributed by atoms with Crippen molar-refractivity contribution in [1.82, 2.24) is 0 Å². The molecule has 0 aliphatic rings. The van der Waals surface area contributed by atoms with Gasteiger partial charge >= 0.3 is 0 Å². The van der Waals surface area contributed by atoms with Crippen molar-refractivity contribution in [2.45, 2.75) is 18.7 Å². The average molecular weight is 288 g/mol. The molecule has 2 aromatic carbocycles. The minimum absolute atomic E-state index is 0.0486. The lowest BCUT2D eigenvalue weighted by molar-refractivity contribution is 0.508. The summed E-state index contributed by atoms with van der Waals surface area (Å²) in [5, 5.41) is 10.1. The summed E-state index contributed by atoms with van der Waals surface area (Å²) in [5.41, 5.74) is 1.47. The molecule has 0 aliphatic heterocycles. The van der Waals surface area contributed by atoms with E-state index in [2.05, 4.69) is 0 Å². The monoisotopic (exact) mass is 288 g/mol. The topological polar surface area (TPSA) is 54.4 Å². The second-order valence-corrected chi connectivity index (χ2v) is 6.68. The maximum absolute atomic E-state index is 12.4. The van der Waals surface area contributed by atoms with Gasteiger partial charge in [0, 0.05) is 5.56 Å². The second kappa shape index (κ2) is 5.51. The Balaban J connectivity index is 2.51. The fraction of sp³-hybridized carbons (Fsp3) is 0.125. The molecule has 4 heteroatoms. The van der Waals surface area contributed by atoms with E-state index in [0.29, 0.717) is 5.56 Å². The highest BCUT2D eigenvalue weighted by Gasteiger charge is 2.21. The second-order valence-electron chi connectivity index (χ2n) is 4.59. The van der Waals surface area contributed by atoms with E-state index < -0.39 is 9.84 Å². The van der Waals surface area contributed by atoms with Crippen molar-refractivity contribution in [3.63, 3.8) is 0 Å². The van der Waals surface area contributed by atoms with Crippen LogP contribution < -0.4 is 0 Å². The van der Waals surface area contributed by atoms with Gasteiger partial charge in [-0.3, -0.25) is 0 Å². The molecule has 0 amide bonds. The van der Waals surface area contributed by atoms with Gasteiger partial charge in [-0.15, -0.1) is 0 Å². The molecule has 0 saturated carbocycles. The van der Waals surface area contributed by atoms with Crippen molar-refractivity contribution in [2.24, 2.45) is 0 Å². The van der Waals surface area contributed by atoms with Crippen LogP contribution in [0.2, 0.25) is 0 Å². The van der Waals surface area contributed by atoms with Crippen molar-refractivity contribution < 1.29 is 13.5 Å². The zero-order valence-electron chi connectivity index (χ0n) is 11.4. The fourth-order valence-electron chi connectivity index (χ4n) is 1.82. The molecule has 1 N–H and O–H groups in total. The van der Waals surface area contributed by atoms with E-state index in [1.165, 1.54) is 6.92 Å². The SMILES string of the molecule is CC(=C(O)c1ccccc1)S(=O)(=O)c1ccc(C)cc1. The number of aliphatic hydroxyl groups is 1. The molecule has 20 heavy (non-hydrogen) atoms. The molecule has 0 bridgehead atoms. The summed E-state index contributed by atoms with van der Waals surface area (Å²) in [7, 11) is -3.67. The van der Waals surface area contributed by atoms with Gasteiger partial charge in [0.15, 0.2) is 0 Å². The number of aryl methyl sites for hydroxylation is 1. The maximum atomic E-state index is 12.4. The third-order valence-corrected chi connectivity index (χ3v) is 5.01. The summed E-state index contributed by atoms with van der Waals surface area (Å²) >= 11 is 0. The van der Waals surface area contributed by atoms with E-state index in [1.54, 1.807) is 54.6 Å². The largest absolute Gasteiger partial charge is 0.506 e. The smallest absolute Gasteiger partial charge is 0.206 e. The molecule has 104 valence electrons. The highest BCUT2D eigenvalue weighted by molar-refractivity contribution is 7.95. The Bertz CT molecular complexity index is 727. The van der Waals surface area contributed by atoms with Crippen LogP contribution >= 0.6 is 0 Å². The predicted octanol–water partition coefficient (Wildman–Crippen LogP) is 3.72. The van der Waals surface area contributed by atoms with Crippen LogP contribution in [0.15, 0.2) is 64.4 Å². The first-order valence-corrected chi connectivity index (χ1v) is 7.68. The molecule has 0 radical (unpaired) electrons. The molecule has 0 saturated heterocycles. The Morgan fingerprint density at radius 3 is 2.05 bits per heavy atom. The Morgan fingerprint density at radius 2 is 1.50 bits per heavy atom. The van der Waals surface area contributed by atoms with Crippen LogP contribution in [0, 0.1) is 6.92 Å². The molecular formula is C16H16O3S. The van der Waals surface area contributed by atoms with Crippen LogP contribution in [0.1, 0.15) is 18.1 Å². The zero-order chi connectivity index (χ0) is 14.8. The first kappa shape index (κ1) is 14.3. The number of rotatable bonds is 3. The Labute approximate surface area is 119 Å². The first-order valence-electron chi connectivity index (χ1n) is 6.20. The molecule has 0 atom stereocenters. The van der Waals surface area contributed by atoms with Gasteiger partial charge in [0.2, 0.25) is 9.84 Å². The van der Waals surface area contributed by atoms with E-state index in [0.717, 1.165) is 5.56 Å². The summed E-state index contributed by atoms with van der Waals surface area (Å²) < 4.78 is 24.9.